The van der Waals surface area contributed by atoms with Crippen molar-refractivity contribution in [1.82, 2.24) is 10.2 Å². The number of alkyl carbamates (subject to hydrolysis) is 1. The monoisotopic (exact) mass is 480 g/mol. The van der Waals surface area contributed by atoms with Crippen molar-refractivity contribution >= 4 is 18.0 Å². The first-order chi connectivity index (χ1) is 17.0. The number of likely N-dealkylation sites (N-methyl/N-ethyl adjacent to an activating group) is 1. The van der Waals surface area contributed by atoms with Crippen LogP contribution in [-0.4, -0.2) is 66.9 Å². The zero-order chi connectivity index (χ0) is 24.8. The van der Waals surface area contributed by atoms with Crippen LogP contribution in [0.1, 0.15) is 43.2 Å². The first kappa shape index (κ1) is 24.7. The molecule has 0 aromatic heterocycles. The molecule has 0 bridgehead atoms. The molecule has 2 aromatic carbocycles. The fourth-order valence-electron chi connectivity index (χ4n) is 5.00. The Bertz CT molecular complexity index is 1030. The zero-order valence-corrected chi connectivity index (χ0v) is 19.9. The molecule has 2 amide bonds. The van der Waals surface area contributed by atoms with Gasteiger partial charge in [0, 0.05) is 44.5 Å². The second kappa shape index (κ2) is 11.4. The number of amides is 2. The molecule has 35 heavy (non-hydrogen) atoms. The molecule has 0 radical (unpaired) electrons. The van der Waals surface area contributed by atoms with E-state index in [4.69, 9.17) is 14.6 Å². The molecular weight excluding hydrogens is 448 g/mol. The highest BCUT2D eigenvalue weighted by Crippen LogP contribution is 2.44. The normalized spacial score (nSPS) is 18.5. The number of carboxylic acids is 1. The number of carbonyl (C=O) groups is 3. The van der Waals surface area contributed by atoms with E-state index >= 15 is 0 Å². The van der Waals surface area contributed by atoms with Crippen molar-refractivity contribution in [1.29, 1.82) is 0 Å². The van der Waals surface area contributed by atoms with Crippen LogP contribution in [0.25, 0.3) is 11.1 Å². The lowest BCUT2D eigenvalue weighted by molar-refractivity contribution is -0.143. The Kier molecular flexibility index (Phi) is 8.02. The van der Waals surface area contributed by atoms with Crippen molar-refractivity contribution in [3.05, 3.63) is 59.7 Å². The van der Waals surface area contributed by atoms with E-state index in [-0.39, 0.29) is 37.3 Å². The Balaban J connectivity index is 1.29. The Morgan fingerprint density at radius 1 is 1.09 bits per heavy atom. The predicted molar refractivity (Wildman–Crippen MR) is 130 cm³/mol. The van der Waals surface area contributed by atoms with Gasteiger partial charge in [0.25, 0.3) is 5.91 Å². The summed E-state index contributed by atoms with van der Waals surface area (Å²) in [5.41, 5.74) is 4.65. The number of hydrogen-bond donors (Lipinski definition) is 2. The number of carboxylic acid groups (broad SMARTS) is 1. The van der Waals surface area contributed by atoms with Crippen LogP contribution < -0.4 is 5.32 Å². The van der Waals surface area contributed by atoms with E-state index in [0.717, 1.165) is 11.1 Å². The lowest BCUT2D eigenvalue weighted by Gasteiger charge is -2.26. The van der Waals surface area contributed by atoms with Crippen molar-refractivity contribution in [3.63, 3.8) is 0 Å². The van der Waals surface area contributed by atoms with E-state index in [1.807, 2.05) is 31.2 Å². The van der Waals surface area contributed by atoms with Crippen LogP contribution in [-0.2, 0) is 19.1 Å². The molecule has 2 aliphatic rings. The minimum Gasteiger partial charge on any atom is -0.481 e. The van der Waals surface area contributed by atoms with E-state index in [1.165, 1.54) is 11.1 Å². The van der Waals surface area contributed by atoms with Gasteiger partial charge in [-0.15, -0.1) is 0 Å². The fourth-order valence-corrected chi connectivity index (χ4v) is 5.00. The Hall–Kier alpha value is -3.39. The molecule has 1 saturated heterocycles. The number of benzene rings is 2. The molecule has 0 spiro atoms. The summed E-state index contributed by atoms with van der Waals surface area (Å²) in [7, 11) is 0. The smallest absolute Gasteiger partial charge is 0.407 e. The topological polar surface area (TPSA) is 105 Å². The molecule has 2 aromatic rings. The average molecular weight is 481 g/mol. The molecular formula is C27H32N2O6. The zero-order valence-electron chi connectivity index (χ0n) is 19.9. The van der Waals surface area contributed by atoms with Gasteiger partial charge in [-0.3, -0.25) is 9.59 Å². The summed E-state index contributed by atoms with van der Waals surface area (Å²) in [5, 5.41) is 11.6. The second-order valence-electron chi connectivity index (χ2n) is 8.96. The SMILES string of the molecule is CCN(CCCC(=O)O)C(=O)[C@H]1OCC[C@H]1CNC(=O)OCC1c2ccccc2-c2ccccc21. The number of carbonyl (C=O) groups excluding carboxylic acids is 2. The molecule has 8 heteroatoms. The third kappa shape index (κ3) is 5.65. The summed E-state index contributed by atoms with van der Waals surface area (Å²) in [6.07, 6.45) is -0.0912. The van der Waals surface area contributed by atoms with Gasteiger partial charge in [0.2, 0.25) is 0 Å². The number of hydrogen-bond acceptors (Lipinski definition) is 5. The molecule has 1 heterocycles. The first-order valence-corrected chi connectivity index (χ1v) is 12.2. The standard InChI is InChI=1S/C27H32N2O6/c1-2-29(14-7-12-24(30)31)26(32)25-18(13-15-34-25)16-28-27(33)35-17-23-21-10-5-3-8-19(21)20-9-4-6-11-22(20)23/h3-6,8-11,18,23,25H,2,7,12-17H2,1H3,(H,28,33)(H,30,31)/t18-,25-/m0/s1. The number of nitrogens with zero attached hydrogens (tertiary/aromatic N) is 1. The van der Waals surface area contributed by atoms with Crippen LogP contribution in [0, 0.1) is 5.92 Å². The van der Waals surface area contributed by atoms with Crippen molar-refractivity contribution in [2.45, 2.75) is 38.2 Å². The molecule has 2 N–H and O–H groups in total. The number of aliphatic carboxylic acids is 1. The Labute approximate surface area is 205 Å². The van der Waals surface area contributed by atoms with E-state index in [2.05, 4.69) is 29.6 Å². The van der Waals surface area contributed by atoms with Crippen LogP contribution in [0.15, 0.2) is 48.5 Å². The third-order valence-electron chi connectivity index (χ3n) is 6.82. The summed E-state index contributed by atoms with van der Waals surface area (Å²) < 4.78 is 11.3. The second-order valence-corrected chi connectivity index (χ2v) is 8.96. The lowest BCUT2D eigenvalue weighted by atomic mass is 9.98. The highest BCUT2D eigenvalue weighted by molar-refractivity contribution is 5.82. The van der Waals surface area contributed by atoms with Gasteiger partial charge >= 0.3 is 12.1 Å². The van der Waals surface area contributed by atoms with E-state index in [1.54, 1.807) is 4.90 Å². The predicted octanol–water partition coefficient (Wildman–Crippen LogP) is 3.64. The minimum atomic E-state index is -0.879. The average Bonchev–Trinajstić information content (AvgIpc) is 3.46. The van der Waals surface area contributed by atoms with Crippen molar-refractivity contribution in [2.24, 2.45) is 5.92 Å². The van der Waals surface area contributed by atoms with E-state index in [0.29, 0.717) is 32.5 Å². The molecule has 2 atom stereocenters. The number of fused-ring (bicyclic) bond motifs is 3. The van der Waals surface area contributed by atoms with Gasteiger partial charge in [-0.2, -0.15) is 0 Å². The summed E-state index contributed by atoms with van der Waals surface area (Å²) >= 11 is 0. The summed E-state index contributed by atoms with van der Waals surface area (Å²) in [4.78, 5) is 37.9. The van der Waals surface area contributed by atoms with Crippen LogP contribution >= 0.6 is 0 Å². The van der Waals surface area contributed by atoms with Crippen molar-refractivity contribution in [3.8, 4) is 11.1 Å². The van der Waals surface area contributed by atoms with Crippen LogP contribution in [0.2, 0.25) is 0 Å². The minimum absolute atomic E-state index is 0.0128. The molecule has 186 valence electrons. The molecule has 0 unspecified atom stereocenters. The molecule has 1 fully saturated rings. The largest absolute Gasteiger partial charge is 0.481 e. The molecule has 0 saturated carbocycles. The van der Waals surface area contributed by atoms with Gasteiger partial charge in [0.05, 0.1) is 0 Å². The number of ether oxygens (including phenoxy) is 2. The molecule has 1 aliphatic heterocycles. The van der Waals surface area contributed by atoms with Gasteiger partial charge in [0.1, 0.15) is 12.7 Å². The molecule has 8 nitrogen and oxygen atoms in total. The Morgan fingerprint density at radius 2 is 1.74 bits per heavy atom. The lowest BCUT2D eigenvalue weighted by Crippen LogP contribution is -2.45. The van der Waals surface area contributed by atoms with Gasteiger partial charge in [-0.25, -0.2) is 4.79 Å². The first-order valence-electron chi connectivity index (χ1n) is 12.2. The maximum atomic E-state index is 13.0. The maximum Gasteiger partial charge on any atom is 0.407 e. The van der Waals surface area contributed by atoms with E-state index < -0.39 is 18.2 Å². The number of rotatable bonds is 10. The summed E-state index contributed by atoms with van der Waals surface area (Å²) in [5.74, 6) is -1.21. The maximum absolute atomic E-state index is 13.0. The molecule has 4 rings (SSSR count). The molecule has 1 aliphatic carbocycles. The fraction of sp³-hybridized carbons (Fsp3) is 0.444. The van der Waals surface area contributed by atoms with E-state index in [9.17, 15) is 14.4 Å². The Morgan fingerprint density at radius 3 is 2.37 bits per heavy atom. The van der Waals surface area contributed by atoms with Gasteiger partial charge in [-0.05, 0) is 42.0 Å². The highest BCUT2D eigenvalue weighted by atomic mass is 16.5. The number of nitrogens with one attached hydrogen (secondary N) is 1. The third-order valence-corrected chi connectivity index (χ3v) is 6.82. The summed E-state index contributed by atoms with van der Waals surface area (Å²) in [6, 6.07) is 16.3. The van der Waals surface area contributed by atoms with Crippen LogP contribution in [0.3, 0.4) is 0 Å². The van der Waals surface area contributed by atoms with Crippen LogP contribution in [0.5, 0.6) is 0 Å². The van der Waals surface area contributed by atoms with Gasteiger partial charge in [-0.1, -0.05) is 48.5 Å². The summed E-state index contributed by atoms with van der Waals surface area (Å²) in [6.45, 7) is 3.66. The van der Waals surface area contributed by atoms with Crippen molar-refractivity contribution in [2.75, 3.05) is 32.8 Å². The quantitative estimate of drug-likeness (QED) is 0.538. The van der Waals surface area contributed by atoms with Crippen molar-refractivity contribution < 1.29 is 29.0 Å². The van der Waals surface area contributed by atoms with Crippen LogP contribution in [0.4, 0.5) is 4.79 Å². The highest BCUT2D eigenvalue weighted by Gasteiger charge is 2.37. The van der Waals surface area contributed by atoms with Gasteiger partial charge < -0.3 is 24.8 Å². The van der Waals surface area contributed by atoms with Gasteiger partial charge in [0.15, 0.2) is 0 Å².